The molecular weight excluding hydrogens is 363 g/mol. The Hall–Kier alpha value is -2.58. The van der Waals surface area contributed by atoms with Crippen LogP contribution in [0.1, 0.15) is 12.0 Å². The van der Waals surface area contributed by atoms with Gasteiger partial charge in [0.25, 0.3) is 5.91 Å². The number of hydrogen-bond acceptors (Lipinski definition) is 6. The largest absolute Gasteiger partial charge is 0.484 e. The first-order chi connectivity index (χ1) is 13.6. The first kappa shape index (κ1) is 18.8. The summed E-state index contributed by atoms with van der Waals surface area (Å²) in [6.45, 7) is 4.01. The van der Waals surface area contributed by atoms with Gasteiger partial charge in [0, 0.05) is 44.1 Å². The number of nitrogens with zero attached hydrogens (tertiary/aromatic N) is 4. The molecule has 1 amide bonds. The van der Waals surface area contributed by atoms with Crippen molar-refractivity contribution in [2.45, 2.75) is 18.6 Å². The van der Waals surface area contributed by atoms with Gasteiger partial charge in [-0.25, -0.2) is 14.4 Å². The highest BCUT2D eigenvalue weighted by molar-refractivity contribution is 5.78. The predicted octanol–water partition coefficient (Wildman–Crippen LogP) is 1.50. The smallest absolute Gasteiger partial charge is 0.260 e. The fourth-order valence-corrected chi connectivity index (χ4v) is 3.80. The number of ether oxygens (including phenoxy) is 2. The Morgan fingerprint density at radius 3 is 2.75 bits per heavy atom. The molecule has 1 aromatic carbocycles. The van der Waals surface area contributed by atoms with E-state index in [1.165, 1.54) is 30.6 Å². The van der Waals surface area contributed by atoms with Gasteiger partial charge in [0.15, 0.2) is 6.61 Å². The van der Waals surface area contributed by atoms with Crippen LogP contribution in [0.4, 0.5) is 4.39 Å². The van der Waals surface area contributed by atoms with Gasteiger partial charge in [0.05, 0.1) is 18.8 Å². The average Bonchev–Trinajstić information content (AvgIpc) is 3.09. The molecular formula is C20H23FN4O3. The highest BCUT2D eigenvalue weighted by Gasteiger charge is 2.43. The molecule has 8 heteroatoms. The number of carbonyl (C=O) groups excluding carboxylic acids is 1. The first-order valence-electron chi connectivity index (χ1n) is 9.38. The average molecular weight is 386 g/mol. The minimum atomic E-state index is -0.334. The summed E-state index contributed by atoms with van der Waals surface area (Å²) in [7, 11) is 0. The van der Waals surface area contributed by atoms with Crippen molar-refractivity contribution in [3.05, 3.63) is 54.4 Å². The maximum absolute atomic E-state index is 13.0. The fourth-order valence-electron chi connectivity index (χ4n) is 3.80. The van der Waals surface area contributed by atoms with Crippen molar-refractivity contribution >= 4 is 5.91 Å². The van der Waals surface area contributed by atoms with Gasteiger partial charge >= 0.3 is 0 Å². The van der Waals surface area contributed by atoms with E-state index in [0.717, 1.165) is 31.6 Å². The monoisotopic (exact) mass is 386 g/mol. The number of benzene rings is 1. The number of aromatic nitrogens is 2. The molecule has 3 heterocycles. The van der Waals surface area contributed by atoms with Crippen molar-refractivity contribution < 1.29 is 18.7 Å². The van der Waals surface area contributed by atoms with Crippen LogP contribution in [0.3, 0.4) is 0 Å². The Morgan fingerprint density at radius 1 is 1.18 bits per heavy atom. The van der Waals surface area contributed by atoms with Crippen LogP contribution in [0.2, 0.25) is 0 Å². The molecule has 4 rings (SSSR count). The number of rotatable bonds is 5. The minimum Gasteiger partial charge on any atom is -0.484 e. The van der Waals surface area contributed by atoms with Crippen LogP contribution in [-0.2, 0) is 16.1 Å². The second kappa shape index (κ2) is 8.20. The molecule has 28 heavy (non-hydrogen) atoms. The molecule has 0 N–H and O–H groups in total. The van der Waals surface area contributed by atoms with Gasteiger partial charge in [-0.3, -0.25) is 9.69 Å². The van der Waals surface area contributed by atoms with Crippen molar-refractivity contribution in [1.82, 2.24) is 19.8 Å². The van der Waals surface area contributed by atoms with Crippen LogP contribution < -0.4 is 4.74 Å². The van der Waals surface area contributed by atoms with Crippen molar-refractivity contribution in [1.29, 1.82) is 0 Å². The van der Waals surface area contributed by atoms with Gasteiger partial charge in [0.2, 0.25) is 0 Å². The molecule has 1 unspecified atom stereocenters. The molecule has 1 atom stereocenters. The zero-order valence-electron chi connectivity index (χ0n) is 15.6. The van der Waals surface area contributed by atoms with Crippen molar-refractivity contribution in [2.75, 3.05) is 39.4 Å². The molecule has 0 radical (unpaired) electrons. The lowest BCUT2D eigenvalue weighted by atomic mass is 10.0. The van der Waals surface area contributed by atoms with E-state index in [0.29, 0.717) is 25.4 Å². The van der Waals surface area contributed by atoms with E-state index in [4.69, 9.17) is 9.47 Å². The highest BCUT2D eigenvalue weighted by atomic mass is 19.1. The van der Waals surface area contributed by atoms with Gasteiger partial charge in [-0.05, 0) is 30.7 Å². The molecule has 2 saturated heterocycles. The van der Waals surface area contributed by atoms with Crippen LogP contribution in [0, 0.1) is 5.82 Å². The number of morpholine rings is 1. The highest BCUT2D eigenvalue weighted by Crippen LogP contribution is 2.30. The molecule has 2 aromatic rings. The molecule has 2 aliphatic heterocycles. The maximum Gasteiger partial charge on any atom is 0.260 e. The van der Waals surface area contributed by atoms with Crippen molar-refractivity contribution in [3.63, 3.8) is 0 Å². The summed E-state index contributed by atoms with van der Waals surface area (Å²) >= 11 is 0. The number of likely N-dealkylation sites (tertiary alicyclic amines) is 1. The van der Waals surface area contributed by atoms with Crippen molar-refractivity contribution in [3.8, 4) is 5.75 Å². The maximum atomic E-state index is 13.0. The van der Waals surface area contributed by atoms with E-state index in [9.17, 15) is 9.18 Å². The van der Waals surface area contributed by atoms with E-state index in [2.05, 4.69) is 14.9 Å². The van der Waals surface area contributed by atoms with Crippen LogP contribution in [0.5, 0.6) is 5.75 Å². The third-order valence-corrected chi connectivity index (χ3v) is 5.19. The molecule has 0 bridgehead atoms. The number of hydrogen-bond donors (Lipinski definition) is 0. The molecule has 2 fully saturated rings. The fraction of sp³-hybridized carbons (Fsp3) is 0.450. The van der Waals surface area contributed by atoms with Crippen LogP contribution in [-0.4, -0.2) is 70.7 Å². The van der Waals surface area contributed by atoms with Crippen LogP contribution >= 0.6 is 0 Å². The number of amides is 1. The zero-order chi connectivity index (χ0) is 19.4. The van der Waals surface area contributed by atoms with Crippen LogP contribution in [0.25, 0.3) is 0 Å². The molecule has 1 aromatic heterocycles. The second-order valence-electron chi connectivity index (χ2n) is 7.30. The summed E-state index contributed by atoms with van der Waals surface area (Å²) in [5.41, 5.74) is 0.732. The summed E-state index contributed by atoms with van der Waals surface area (Å²) in [5.74, 6) is 0.0680. The van der Waals surface area contributed by atoms with E-state index < -0.39 is 0 Å². The van der Waals surface area contributed by atoms with Crippen LogP contribution in [0.15, 0.2) is 43.0 Å². The topological polar surface area (TPSA) is 67.8 Å². The lowest BCUT2D eigenvalue weighted by Gasteiger charge is -2.40. The van der Waals surface area contributed by atoms with E-state index >= 15 is 0 Å². The molecule has 0 aliphatic carbocycles. The minimum absolute atomic E-state index is 0.0627. The van der Waals surface area contributed by atoms with Gasteiger partial charge in [-0.15, -0.1) is 0 Å². The summed E-state index contributed by atoms with van der Waals surface area (Å²) in [6.07, 6.45) is 6.05. The third kappa shape index (κ3) is 4.45. The normalized spacial score (nSPS) is 22.5. The zero-order valence-corrected chi connectivity index (χ0v) is 15.6. The summed E-state index contributed by atoms with van der Waals surface area (Å²) in [4.78, 5) is 24.8. The predicted molar refractivity (Wildman–Crippen MR) is 99.1 cm³/mol. The quantitative estimate of drug-likeness (QED) is 0.776. The lowest BCUT2D eigenvalue weighted by molar-refractivity contribution is -0.150. The van der Waals surface area contributed by atoms with Crippen molar-refractivity contribution in [2.24, 2.45) is 0 Å². The molecule has 1 spiro atoms. The number of halogens is 1. The van der Waals surface area contributed by atoms with E-state index in [1.807, 2.05) is 17.3 Å². The first-order valence-corrected chi connectivity index (χ1v) is 9.38. The lowest BCUT2D eigenvalue weighted by Crippen LogP contribution is -2.55. The molecule has 2 aliphatic rings. The Morgan fingerprint density at radius 2 is 1.96 bits per heavy atom. The summed E-state index contributed by atoms with van der Waals surface area (Å²) in [5, 5.41) is 0. The third-order valence-electron chi connectivity index (χ3n) is 5.19. The van der Waals surface area contributed by atoms with E-state index in [-0.39, 0.29) is 23.9 Å². The molecule has 148 valence electrons. The Labute approximate surface area is 163 Å². The standard InChI is InChI=1S/C20H23FN4O3/c21-17-1-3-18(4-2-17)27-12-19(26)25-7-8-28-20(14-25)5-6-24(13-20)11-16-9-22-15-23-10-16/h1-4,9-10,15H,5-8,11-14H2. The number of carbonyl (C=O) groups is 1. The van der Waals surface area contributed by atoms with Gasteiger partial charge in [0.1, 0.15) is 17.9 Å². The summed E-state index contributed by atoms with van der Waals surface area (Å²) < 4.78 is 24.6. The molecule has 0 saturated carbocycles. The van der Waals surface area contributed by atoms with Gasteiger partial charge in [-0.2, -0.15) is 0 Å². The Kier molecular flexibility index (Phi) is 5.50. The Bertz CT molecular complexity index is 805. The summed E-state index contributed by atoms with van der Waals surface area (Å²) in [6, 6.07) is 5.67. The SMILES string of the molecule is O=C(COc1ccc(F)cc1)N1CCOC2(CCN(Cc3cncnc3)C2)C1. The van der Waals surface area contributed by atoms with E-state index in [1.54, 1.807) is 0 Å². The second-order valence-corrected chi connectivity index (χ2v) is 7.30. The van der Waals surface area contributed by atoms with Gasteiger partial charge in [-0.1, -0.05) is 0 Å². The Balaban J connectivity index is 1.31. The molecule has 7 nitrogen and oxygen atoms in total. The van der Waals surface area contributed by atoms with Gasteiger partial charge < -0.3 is 14.4 Å².